The number of hydrogen-bond donors (Lipinski definition) is 1. The maximum atomic E-state index is 3.98. The fourth-order valence-corrected chi connectivity index (χ4v) is 1.82. The first kappa shape index (κ1) is 11.4. The average Bonchev–Trinajstić information content (AvgIpc) is 2.61. The quantitative estimate of drug-likeness (QED) is 0.693. The van der Waals surface area contributed by atoms with Crippen LogP contribution in [0, 0.1) is 6.92 Å². The van der Waals surface area contributed by atoms with Crippen molar-refractivity contribution in [2.45, 2.75) is 13.5 Å². The highest BCUT2D eigenvalue weighted by molar-refractivity contribution is 5.66. The summed E-state index contributed by atoms with van der Waals surface area (Å²) in [7, 11) is 0. The summed E-state index contributed by atoms with van der Waals surface area (Å²) in [6.45, 7) is 17.9. The van der Waals surface area contributed by atoms with Gasteiger partial charge in [-0.1, -0.05) is 19.2 Å². The van der Waals surface area contributed by atoms with Crippen LogP contribution in [0.3, 0.4) is 0 Å². The molecule has 0 amide bonds. The Balaban J connectivity index is 0.000000531. The van der Waals surface area contributed by atoms with E-state index in [1.165, 1.54) is 17.0 Å². The Morgan fingerprint density at radius 3 is 2.67 bits per heavy atom. The number of aromatic nitrogens is 1. The Labute approximate surface area is 91.6 Å². The van der Waals surface area contributed by atoms with E-state index in [4.69, 9.17) is 0 Å². The van der Waals surface area contributed by atoms with Gasteiger partial charge in [-0.3, -0.25) is 0 Å². The molecule has 0 atom stereocenters. The van der Waals surface area contributed by atoms with Gasteiger partial charge in [0.05, 0.1) is 11.4 Å². The minimum Gasteiger partial charge on any atom is -0.382 e. The minimum absolute atomic E-state index is 0.970. The first-order valence-corrected chi connectivity index (χ1v) is 4.99. The van der Waals surface area contributed by atoms with Crippen molar-refractivity contribution in [3.8, 4) is 0 Å². The molecule has 0 unspecified atom stereocenters. The summed E-state index contributed by atoms with van der Waals surface area (Å²) >= 11 is 0. The molecule has 2 heteroatoms. The van der Waals surface area contributed by atoms with Gasteiger partial charge in [0.15, 0.2) is 0 Å². The highest BCUT2D eigenvalue weighted by Gasteiger charge is 2.15. The summed E-state index contributed by atoms with van der Waals surface area (Å²) in [6, 6.07) is 2.14. The highest BCUT2D eigenvalue weighted by Crippen LogP contribution is 2.22. The van der Waals surface area contributed by atoms with Gasteiger partial charge in [0, 0.05) is 18.8 Å². The third kappa shape index (κ3) is 1.89. The first-order valence-electron chi connectivity index (χ1n) is 4.99. The lowest BCUT2D eigenvalue weighted by Crippen LogP contribution is -2.26. The fourth-order valence-electron chi connectivity index (χ4n) is 1.82. The van der Waals surface area contributed by atoms with E-state index in [9.17, 15) is 0 Å². The van der Waals surface area contributed by atoms with Gasteiger partial charge in [0.1, 0.15) is 0 Å². The molecule has 2 heterocycles. The van der Waals surface area contributed by atoms with Crippen LogP contribution in [0.2, 0.25) is 0 Å². The molecule has 0 fully saturated rings. The molecule has 1 aliphatic rings. The molecule has 2 nitrogen and oxygen atoms in total. The maximum Gasteiger partial charge on any atom is 0.0645 e. The lowest BCUT2D eigenvalue weighted by atomic mass is 10.2. The number of nitrogens with zero attached hydrogens (tertiary/aromatic N) is 1. The predicted molar refractivity (Wildman–Crippen MR) is 67.6 cm³/mol. The monoisotopic (exact) mass is 202 g/mol. The van der Waals surface area contributed by atoms with E-state index >= 15 is 0 Å². The summed E-state index contributed by atoms with van der Waals surface area (Å²) in [5.74, 6) is 0. The lowest BCUT2D eigenvalue weighted by Gasteiger charge is -2.20. The highest BCUT2D eigenvalue weighted by atomic mass is 15.1. The Morgan fingerprint density at radius 2 is 2.13 bits per heavy atom. The molecule has 0 radical (unpaired) electrons. The zero-order valence-electron chi connectivity index (χ0n) is 9.34. The van der Waals surface area contributed by atoms with Gasteiger partial charge in [0.25, 0.3) is 0 Å². The molecule has 15 heavy (non-hydrogen) atoms. The van der Waals surface area contributed by atoms with Crippen LogP contribution in [0.5, 0.6) is 0 Å². The zero-order chi connectivity index (χ0) is 11.4. The van der Waals surface area contributed by atoms with Crippen molar-refractivity contribution in [1.29, 1.82) is 0 Å². The van der Waals surface area contributed by atoms with Crippen LogP contribution in [0.4, 0.5) is 0 Å². The third-order valence-corrected chi connectivity index (χ3v) is 2.61. The largest absolute Gasteiger partial charge is 0.382 e. The molecule has 1 aliphatic heterocycles. The van der Waals surface area contributed by atoms with Crippen molar-refractivity contribution >= 4 is 11.8 Å². The standard InChI is InChI=1S/C11H14N2.C2H4/c1-4-10-7-11-8(2)12-5-6-13(11)9(10)3;1-2/h4,7,12H,1-2,5-6H2,3H3;1-2H2. The van der Waals surface area contributed by atoms with Crippen molar-refractivity contribution in [3.63, 3.8) is 0 Å². The second kappa shape index (κ2) is 4.69. The Morgan fingerprint density at radius 1 is 1.47 bits per heavy atom. The van der Waals surface area contributed by atoms with Gasteiger partial charge < -0.3 is 9.88 Å². The van der Waals surface area contributed by atoms with Crippen molar-refractivity contribution in [2.24, 2.45) is 0 Å². The van der Waals surface area contributed by atoms with E-state index in [1.54, 1.807) is 0 Å². The van der Waals surface area contributed by atoms with Crippen molar-refractivity contribution in [3.05, 3.63) is 49.3 Å². The molecule has 0 saturated carbocycles. The molecule has 0 aromatic carbocycles. The Bertz CT molecular complexity index is 385. The minimum atomic E-state index is 0.970. The Kier molecular flexibility index (Phi) is 3.56. The summed E-state index contributed by atoms with van der Waals surface area (Å²) in [5.41, 5.74) is 4.70. The number of nitrogens with one attached hydrogen (secondary N) is 1. The second-order valence-electron chi connectivity index (χ2n) is 3.33. The molecule has 0 bridgehead atoms. The summed E-state index contributed by atoms with van der Waals surface area (Å²) in [6.07, 6.45) is 1.90. The van der Waals surface area contributed by atoms with Gasteiger partial charge in [-0.25, -0.2) is 0 Å². The van der Waals surface area contributed by atoms with Crippen molar-refractivity contribution in [2.75, 3.05) is 6.54 Å². The topological polar surface area (TPSA) is 17.0 Å². The molecule has 1 N–H and O–H groups in total. The molecular formula is C13H18N2. The molecule has 0 spiro atoms. The molecule has 0 saturated heterocycles. The maximum absolute atomic E-state index is 3.98. The van der Waals surface area contributed by atoms with Gasteiger partial charge in [0.2, 0.25) is 0 Å². The van der Waals surface area contributed by atoms with Crippen LogP contribution in [-0.2, 0) is 6.54 Å². The predicted octanol–water partition coefficient (Wildman–Crippen LogP) is 2.82. The van der Waals surface area contributed by atoms with Crippen molar-refractivity contribution in [1.82, 2.24) is 9.88 Å². The SMILES string of the molecule is C=C.C=Cc1cc2n(c1C)CCNC2=C. The second-order valence-corrected chi connectivity index (χ2v) is 3.33. The number of rotatable bonds is 1. The van der Waals surface area contributed by atoms with Crippen LogP contribution in [0.15, 0.2) is 32.4 Å². The molecule has 0 aliphatic carbocycles. The summed E-state index contributed by atoms with van der Waals surface area (Å²) in [4.78, 5) is 0. The van der Waals surface area contributed by atoms with E-state index in [-0.39, 0.29) is 0 Å². The van der Waals surface area contributed by atoms with Crippen LogP contribution >= 0.6 is 0 Å². The van der Waals surface area contributed by atoms with Crippen LogP contribution < -0.4 is 5.32 Å². The van der Waals surface area contributed by atoms with Gasteiger partial charge in [-0.2, -0.15) is 0 Å². The van der Waals surface area contributed by atoms with Gasteiger partial charge >= 0.3 is 0 Å². The smallest absolute Gasteiger partial charge is 0.0645 e. The average molecular weight is 202 g/mol. The lowest BCUT2D eigenvalue weighted by molar-refractivity contribution is 0.614. The van der Waals surface area contributed by atoms with Gasteiger partial charge in [-0.05, 0) is 18.6 Å². The van der Waals surface area contributed by atoms with Gasteiger partial charge in [-0.15, -0.1) is 13.2 Å². The molecule has 80 valence electrons. The van der Waals surface area contributed by atoms with Crippen molar-refractivity contribution < 1.29 is 0 Å². The number of fused-ring (bicyclic) bond motifs is 1. The van der Waals surface area contributed by atoms with Crippen LogP contribution in [0.1, 0.15) is 17.0 Å². The normalized spacial score (nSPS) is 13.3. The summed E-state index contributed by atoms with van der Waals surface area (Å²) < 4.78 is 2.29. The van der Waals surface area contributed by atoms with E-state index in [0.29, 0.717) is 0 Å². The zero-order valence-corrected chi connectivity index (χ0v) is 9.34. The molecule has 1 aromatic rings. The van der Waals surface area contributed by atoms with Crippen LogP contribution in [-0.4, -0.2) is 11.1 Å². The van der Waals surface area contributed by atoms with E-state index < -0.39 is 0 Å². The summed E-state index contributed by atoms with van der Waals surface area (Å²) in [5, 5.41) is 3.25. The first-order chi connectivity index (χ1) is 7.24. The number of hydrogen-bond acceptors (Lipinski definition) is 1. The van der Waals surface area contributed by atoms with E-state index in [0.717, 1.165) is 18.8 Å². The van der Waals surface area contributed by atoms with E-state index in [2.05, 4.69) is 49.2 Å². The third-order valence-electron chi connectivity index (χ3n) is 2.61. The molecule has 1 aromatic heterocycles. The van der Waals surface area contributed by atoms with Crippen LogP contribution in [0.25, 0.3) is 11.8 Å². The fraction of sp³-hybridized carbons (Fsp3) is 0.231. The molecular weight excluding hydrogens is 184 g/mol. The Hall–Kier alpha value is -1.70. The van der Waals surface area contributed by atoms with E-state index in [1.807, 2.05) is 6.08 Å². The molecule has 2 rings (SSSR count).